The molecule has 150 valence electrons. The van der Waals surface area contributed by atoms with Crippen LogP contribution in [0, 0.1) is 0 Å². The van der Waals surface area contributed by atoms with Gasteiger partial charge in [-0.25, -0.2) is 9.97 Å². The Hall–Kier alpha value is -2.08. The van der Waals surface area contributed by atoms with Crippen LogP contribution in [-0.4, -0.2) is 35.0 Å². The van der Waals surface area contributed by atoms with Gasteiger partial charge in [0.1, 0.15) is 5.82 Å². The summed E-state index contributed by atoms with van der Waals surface area (Å²) in [7, 11) is 0. The van der Waals surface area contributed by atoms with E-state index in [0.717, 1.165) is 59.5 Å². The first-order chi connectivity index (χ1) is 13.5. The van der Waals surface area contributed by atoms with Gasteiger partial charge in [0.05, 0.1) is 0 Å². The van der Waals surface area contributed by atoms with Gasteiger partial charge in [-0.05, 0) is 50.3 Å². The predicted molar refractivity (Wildman–Crippen MR) is 116 cm³/mol. The van der Waals surface area contributed by atoms with Crippen LogP contribution in [0.25, 0.3) is 0 Å². The van der Waals surface area contributed by atoms with Crippen LogP contribution in [0.3, 0.4) is 0 Å². The third-order valence-corrected chi connectivity index (χ3v) is 5.81. The minimum atomic E-state index is 0.0264. The van der Waals surface area contributed by atoms with Crippen molar-refractivity contribution in [2.45, 2.75) is 63.4 Å². The fourth-order valence-electron chi connectivity index (χ4n) is 2.90. The molecule has 0 aliphatic heterocycles. The maximum absolute atomic E-state index is 12.1. The molecule has 1 saturated carbocycles. The van der Waals surface area contributed by atoms with Gasteiger partial charge in [0.25, 0.3) is 5.91 Å². The summed E-state index contributed by atoms with van der Waals surface area (Å²) in [5, 5.41) is 3.83. The average Bonchev–Trinajstić information content (AvgIpc) is 3.51. The molecule has 1 aromatic carbocycles. The molecule has 1 heterocycles. The van der Waals surface area contributed by atoms with Crippen LogP contribution in [0.2, 0.25) is 0 Å². The van der Waals surface area contributed by atoms with Gasteiger partial charge < -0.3 is 10.2 Å². The zero-order valence-corrected chi connectivity index (χ0v) is 18.1. The fraction of sp³-hybridized carbons (Fsp3) is 0.500. The van der Waals surface area contributed by atoms with Crippen molar-refractivity contribution in [3.63, 3.8) is 0 Å². The van der Waals surface area contributed by atoms with Gasteiger partial charge in [0.15, 0.2) is 5.16 Å². The smallest absolute Gasteiger partial charge is 0.251 e. The lowest BCUT2D eigenvalue weighted by Crippen LogP contribution is -2.25. The van der Waals surface area contributed by atoms with Crippen molar-refractivity contribution in [3.05, 3.63) is 47.2 Å². The standard InChI is InChI=1S/C22H30N4OS/c1-5-26(6-2)20-13-19(15(3)4)24-22(25-20)28-14-16-7-9-17(10-8-16)21(27)23-18-11-12-18/h7-10,13,15,18H,5-6,11-12,14H2,1-4H3,(H,23,27). The summed E-state index contributed by atoms with van der Waals surface area (Å²) in [6.45, 7) is 10.5. The Morgan fingerprint density at radius 3 is 2.43 bits per heavy atom. The van der Waals surface area contributed by atoms with Crippen LogP contribution in [0.4, 0.5) is 5.82 Å². The minimum Gasteiger partial charge on any atom is -0.357 e. The third-order valence-electron chi connectivity index (χ3n) is 4.89. The van der Waals surface area contributed by atoms with E-state index in [-0.39, 0.29) is 5.91 Å². The molecule has 2 aromatic rings. The Balaban J connectivity index is 1.68. The molecule has 28 heavy (non-hydrogen) atoms. The lowest BCUT2D eigenvalue weighted by atomic mass is 10.1. The van der Waals surface area contributed by atoms with E-state index in [1.54, 1.807) is 11.8 Å². The number of hydrogen-bond acceptors (Lipinski definition) is 5. The first-order valence-corrected chi connectivity index (χ1v) is 11.1. The normalized spacial score (nSPS) is 13.6. The molecule has 1 fully saturated rings. The molecular formula is C22H30N4OS. The van der Waals surface area contributed by atoms with Crippen molar-refractivity contribution < 1.29 is 4.79 Å². The number of carbonyl (C=O) groups is 1. The van der Waals surface area contributed by atoms with Gasteiger partial charge in [0, 0.05) is 42.2 Å². The molecule has 0 radical (unpaired) electrons. The van der Waals surface area contributed by atoms with E-state index < -0.39 is 0 Å². The van der Waals surface area contributed by atoms with Gasteiger partial charge in [0.2, 0.25) is 0 Å². The minimum absolute atomic E-state index is 0.0264. The van der Waals surface area contributed by atoms with Gasteiger partial charge in [-0.2, -0.15) is 0 Å². The van der Waals surface area contributed by atoms with Crippen LogP contribution in [0.1, 0.15) is 68.1 Å². The van der Waals surface area contributed by atoms with Gasteiger partial charge >= 0.3 is 0 Å². The van der Waals surface area contributed by atoms with E-state index >= 15 is 0 Å². The van der Waals surface area contributed by atoms with Crippen molar-refractivity contribution in [3.8, 4) is 0 Å². The first-order valence-electron chi connectivity index (χ1n) is 10.2. The number of rotatable bonds is 9. The van der Waals surface area contributed by atoms with Gasteiger partial charge in [-0.1, -0.05) is 37.7 Å². The number of anilines is 1. The molecule has 6 heteroatoms. The maximum Gasteiger partial charge on any atom is 0.251 e. The van der Waals surface area contributed by atoms with E-state index in [1.165, 1.54) is 0 Å². The molecule has 0 spiro atoms. The van der Waals surface area contributed by atoms with Gasteiger partial charge in [-0.3, -0.25) is 4.79 Å². The number of thioether (sulfide) groups is 1. The Morgan fingerprint density at radius 2 is 1.86 bits per heavy atom. The molecule has 1 amide bonds. The average molecular weight is 399 g/mol. The molecular weight excluding hydrogens is 368 g/mol. The number of nitrogens with zero attached hydrogens (tertiary/aromatic N) is 3. The highest BCUT2D eigenvalue weighted by Gasteiger charge is 2.23. The Bertz CT molecular complexity index is 799. The largest absolute Gasteiger partial charge is 0.357 e. The summed E-state index contributed by atoms with van der Waals surface area (Å²) in [6, 6.07) is 10.3. The molecule has 0 unspecified atom stereocenters. The van der Waals surface area contributed by atoms with E-state index in [0.29, 0.717) is 12.0 Å². The number of hydrogen-bond donors (Lipinski definition) is 1. The van der Waals surface area contributed by atoms with Gasteiger partial charge in [-0.15, -0.1) is 0 Å². The lowest BCUT2D eigenvalue weighted by Gasteiger charge is -2.21. The molecule has 0 atom stereocenters. The van der Waals surface area contributed by atoms with Crippen molar-refractivity contribution >= 4 is 23.5 Å². The molecule has 0 saturated heterocycles. The second kappa shape index (κ2) is 9.41. The molecule has 5 nitrogen and oxygen atoms in total. The molecule has 1 aliphatic rings. The highest BCUT2D eigenvalue weighted by Crippen LogP contribution is 2.26. The summed E-state index contributed by atoms with van der Waals surface area (Å²) < 4.78 is 0. The molecule has 1 N–H and O–H groups in total. The molecule has 3 rings (SSSR count). The van der Waals surface area contributed by atoms with E-state index in [2.05, 4.69) is 44.0 Å². The zero-order valence-electron chi connectivity index (χ0n) is 17.2. The summed E-state index contributed by atoms with van der Waals surface area (Å²) in [6.07, 6.45) is 2.21. The zero-order chi connectivity index (χ0) is 20.1. The number of benzene rings is 1. The highest BCUT2D eigenvalue weighted by atomic mass is 32.2. The topological polar surface area (TPSA) is 58.1 Å². The van der Waals surface area contributed by atoms with Crippen molar-refractivity contribution in [2.24, 2.45) is 0 Å². The summed E-state index contributed by atoms with van der Waals surface area (Å²) in [4.78, 5) is 23.9. The van der Waals surface area contributed by atoms with Crippen LogP contribution in [-0.2, 0) is 5.75 Å². The van der Waals surface area contributed by atoms with Crippen molar-refractivity contribution in [1.29, 1.82) is 0 Å². The SMILES string of the molecule is CCN(CC)c1cc(C(C)C)nc(SCc2ccc(C(=O)NC3CC3)cc2)n1. The Morgan fingerprint density at radius 1 is 1.18 bits per heavy atom. The summed E-state index contributed by atoms with van der Waals surface area (Å²) in [5.41, 5.74) is 2.96. The second-order valence-electron chi connectivity index (χ2n) is 7.49. The molecule has 1 aliphatic carbocycles. The van der Waals surface area contributed by atoms with Crippen LogP contribution < -0.4 is 10.2 Å². The first kappa shape index (κ1) is 20.6. The van der Waals surface area contributed by atoms with Crippen LogP contribution >= 0.6 is 11.8 Å². The number of nitrogens with one attached hydrogen (secondary N) is 1. The lowest BCUT2D eigenvalue weighted by molar-refractivity contribution is 0.0951. The highest BCUT2D eigenvalue weighted by molar-refractivity contribution is 7.98. The van der Waals surface area contributed by atoms with Crippen molar-refractivity contribution in [2.75, 3.05) is 18.0 Å². The molecule has 0 bridgehead atoms. The second-order valence-corrected chi connectivity index (χ2v) is 8.44. The van der Waals surface area contributed by atoms with Crippen molar-refractivity contribution in [1.82, 2.24) is 15.3 Å². The van der Waals surface area contributed by atoms with Crippen LogP contribution in [0.15, 0.2) is 35.5 Å². The Kier molecular flexibility index (Phi) is 6.94. The maximum atomic E-state index is 12.1. The fourth-order valence-corrected chi connectivity index (χ4v) is 3.71. The monoisotopic (exact) mass is 398 g/mol. The van der Waals surface area contributed by atoms with E-state index in [9.17, 15) is 4.79 Å². The number of carbonyl (C=O) groups excluding carboxylic acids is 1. The van der Waals surface area contributed by atoms with Crippen LogP contribution in [0.5, 0.6) is 0 Å². The van der Waals surface area contributed by atoms with E-state index in [4.69, 9.17) is 9.97 Å². The molecule has 1 aromatic heterocycles. The Labute approximate surface area is 172 Å². The quantitative estimate of drug-likeness (QED) is 0.493. The number of aromatic nitrogens is 2. The number of amides is 1. The predicted octanol–water partition coefficient (Wildman–Crippen LogP) is 4.63. The summed E-state index contributed by atoms with van der Waals surface area (Å²) in [5.74, 6) is 2.17. The third kappa shape index (κ3) is 5.47. The van der Waals surface area contributed by atoms with E-state index in [1.807, 2.05) is 24.3 Å². The summed E-state index contributed by atoms with van der Waals surface area (Å²) >= 11 is 1.64.